The third kappa shape index (κ3) is 15.3. The summed E-state index contributed by atoms with van der Waals surface area (Å²) < 4.78 is 0.0555. The Morgan fingerprint density at radius 2 is 1.24 bits per heavy atom. The normalized spacial score (nSPS) is 12.2. The first-order valence-electron chi connectivity index (χ1n) is 10.7. The Labute approximate surface area is 157 Å². The van der Waals surface area contributed by atoms with Crippen LogP contribution in [-0.4, -0.2) is 31.3 Å². The lowest BCUT2D eigenvalue weighted by Crippen LogP contribution is -2.45. The van der Waals surface area contributed by atoms with Crippen LogP contribution < -0.4 is 0 Å². The molecule has 0 atom stereocenters. The Morgan fingerprint density at radius 1 is 0.760 bits per heavy atom. The van der Waals surface area contributed by atoms with E-state index in [1.807, 2.05) is 21.0 Å². The molecule has 3 heteroatoms. The van der Waals surface area contributed by atoms with Gasteiger partial charge in [0.15, 0.2) is 0 Å². The molecule has 0 radical (unpaired) electrons. The molecule has 0 aliphatic carbocycles. The van der Waals surface area contributed by atoms with Gasteiger partial charge in [0.1, 0.15) is 20.7 Å². The number of amides is 1. The number of hydroxylamine groups is 3. The highest BCUT2D eigenvalue weighted by Crippen LogP contribution is 2.12. The summed E-state index contributed by atoms with van der Waals surface area (Å²) in [5.41, 5.74) is 0. The molecule has 0 aromatic heterocycles. The summed E-state index contributed by atoms with van der Waals surface area (Å²) in [5.74, 6) is 0.180. The van der Waals surface area contributed by atoms with Crippen LogP contribution in [0.25, 0.3) is 0 Å². The first-order valence-corrected chi connectivity index (χ1v) is 10.7. The van der Waals surface area contributed by atoms with Gasteiger partial charge in [-0.05, 0) is 39.0 Å². The molecule has 0 unspecified atom stereocenters. The predicted octanol–water partition coefficient (Wildman–Crippen LogP) is 6.58. The topological polar surface area (TPSA) is 26.3 Å². The highest BCUT2D eigenvalue weighted by molar-refractivity contribution is 5.67. The van der Waals surface area contributed by atoms with Crippen LogP contribution in [0.3, 0.4) is 0 Å². The molecule has 0 saturated heterocycles. The van der Waals surface area contributed by atoms with E-state index < -0.39 is 0 Å². The number of hydrogen-bond donors (Lipinski definition) is 0. The van der Waals surface area contributed by atoms with Crippen molar-refractivity contribution in [1.29, 1.82) is 0 Å². The van der Waals surface area contributed by atoms with E-state index >= 15 is 0 Å². The fourth-order valence-corrected chi connectivity index (χ4v) is 3.01. The first kappa shape index (κ1) is 24.3. The van der Waals surface area contributed by atoms with Gasteiger partial charge in [0, 0.05) is 0 Å². The van der Waals surface area contributed by atoms with Crippen molar-refractivity contribution in [2.75, 3.05) is 20.7 Å². The molecule has 0 N–H and O–H groups in total. The number of rotatable bonds is 17. The zero-order valence-corrected chi connectivity index (χ0v) is 17.5. The number of allylic oxidation sites excluding steroid dienone is 2. The monoisotopic (exact) mass is 354 g/mol. The van der Waals surface area contributed by atoms with Crippen molar-refractivity contribution in [2.45, 2.75) is 104 Å². The minimum Gasteiger partial charge on any atom is -0.228 e. The Bertz CT molecular complexity index is 337. The first-order chi connectivity index (χ1) is 12.0. The van der Waals surface area contributed by atoms with E-state index in [4.69, 9.17) is 4.84 Å². The molecule has 0 saturated carbocycles. The van der Waals surface area contributed by atoms with Crippen molar-refractivity contribution in [3.63, 3.8) is 0 Å². The van der Waals surface area contributed by atoms with Crippen LogP contribution in [0, 0.1) is 0 Å². The molecule has 0 spiro atoms. The van der Waals surface area contributed by atoms with Crippen LogP contribution in [0.5, 0.6) is 0 Å². The van der Waals surface area contributed by atoms with Gasteiger partial charge in [0.25, 0.3) is 0 Å². The van der Waals surface area contributed by atoms with Gasteiger partial charge in [-0.25, -0.2) is 4.79 Å². The van der Waals surface area contributed by atoms with Gasteiger partial charge in [0.05, 0.1) is 6.42 Å². The van der Waals surface area contributed by atoms with Gasteiger partial charge in [-0.2, -0.15) is 4.84 Å². The lowest BCUT2D eigenvalue weighted by molar-refractivity contribution is -1.01. The zero-order valence-electron chi connectivity index (χ0n) is 17.5. The molecule has 148 valence electrons. The summed E-state index contributed by atoms with van der Waals surface area (Å²) in [4.78, 5) is 17.5. The molecule has 1 amide bonds. The molecule has 3 nitrogen and oxygen atoms in total. The van der Waals surface area contributed by atoms with Crippen molar-refractivity contribution in [1.82, 2.24) is 0 Å². The van der Waals surface area contributed by atoms with Crippen LogP contribution in [0.1, 0.15) is 104 Å². The molecule has 0 fully saturated rings. The maximum absolute atomic E-state index is 12.0. The van der Waals surface area contributed by atoms with Gasteiger partial charge in [-0.15, -0.1) is 4.65 Å². The van der Waals surface area contributed by atoms with Gasteiger partial charge >= 0.3 is 5.91 Å². The van der Waals surface area contributed by atoms with E-state index in [1.165, 1.54) is 70.6 Å². The molecule has 0 aromatic carbocycles. The van der Waals surface area contributed by atoms with Crippen LogP contribution in [0.2, 0.25) is 0 Å². The van der Waals surface area contributed by atoms with E-state index in [2.05, 4.69) is 19.1 Å². The third-order valence-electron chi connectivity index (χ3n) is 4.70. The van der Waals surface area contributed by atoms with E-state index in [-0.39, 0.29) is 10.6 Å². The van der Waals surface area contributed by atoms with Crippen LogP contribution in [0.4, 0.5) is 0 Å². The van der Waals surface area contributed by atoms with Crippen LogP contribution >= 0.6 is 0 Å². The standard InChI is InChI=1S/C22H44NO2/c1-5-7-8-9-10-11-12-13-14-15-16-17-18-19-20-21-22(24)23(3,4)25-6-2/h13-14H,5-12,15-21H2,1-4H3/q+1/b14-13-. The Kier molecular flexibility index (Phi) is 16.3. The largest absolute Gasteiger partial charge is 0.345 e. The summed E-state index contributed by atoms with van der Waals surface area (Å²) in [5, 5.41) is 0. The molecule has 0 bridgehead atoms. The van der Waals surface area contributed by atoms with Crippen molar-refractivity contribution < 1.29 is 14.3 Å². The molecule has 0 heterocycles. The van der Waals surface area contributed by atoms with Crippen LogP contribution in [-0.2, 0) is 9.63 Å². The van der Waals surface area contributed by atoms with Crippen molar-refractivity contribution in [2.24, 2.45) is 0 Å². The van der Waals surface area contributed by atoms with Gasteiger partial charge in [0.2, 0.25) is 0 Å². The lowest BCUT2D eigenvalue weighted by atomic mass is 10.1. The second kappa shape index (κ2) is 16.8. The quantitative estimate of drug-likeness (QED) is 0.128. The highest BCUT2D eigenvalue weighted by Gasteiger charge is 2.26. The third-order valence-corrected chi connectivity index (χ3v) is 4.70. The van der Waals surface area contributed by atoms with Gasteiger partial charge < -0.3 is 0 Å². The van der Waals surface area contributed by atoms with E-state index in [9.17, 15) is 4.79 Å². The number of unbranched alkanes of at least 4 members (excludes halogenated alkanes) is 11. The predicted molar refractivity (Wildman–Crippen MR) is 108 cm³/mol. The minimum absolute atomic E-state index is 0.0555. The Hall–Kier alpha value is -0.670. The second-order valence-electron chi connectivity index (χ2n) is 7.50. The van der Waals surface area contributed by atoms with Gasteiger partial charge in [-0.1, -0.05) is 70.4 Å². The van der Waals surface area contributed by atoms with Crippen molar-refractivity contribution in [3.8, 4) is 0 Å². The molecular formula is C22H44NO2+. The highest BCUT2D eigenvalue weighted by atomic mass is 16.7. The molecule has 0 aromatic rings. The minimum atomic E-state index is 0.0555. The second-order valence-corrected chi connectivity index (χ2v) is 7.50. The number of nitrogens with zero attached hydrogens (tertiary/aromatic N) is 1. The average Bonchev–Trinajstić information content (AvgIpc) is 2.58. The smallest absolute Gasteiger partial charge is 0.228 e. The fourth-order valence-electron chi connectivity index (χ4n) is 3.01. The van der Waals surface area contributed by atoms with E-state index in [1.54, 1.807) is 0 Å². The summed E-state index contributed by atoms with van der Waals surface area (Å²) in [6, 6.07) is 0. The van der Waals surface area contributed by atoms with Crippen LogP contribution in [0.15, 0.2) is 12.2 Å². The molecular weight excluding hydrogens is 310 g/mol. The van der Waals surface area contributed by atoms with Gasteiger partial charge in [-0.3, -0.25) is 0 Å². The molecule has 0 aliphatic rings. The summed E-state index contributed by atoms with van der Waals surface area (Å²) >= 11 is 0. The number of carbonyl (C=O) groups excluding carboxylic acids is 1. The molecule has 25 heavy (non-hydrogen) atoms. The van der Waals surface area contributed by atoms with E-state index in [0.717, 1.165) is 12.8 Å². The average molecular weight is 355 g/mol. The van der Waals surface area contributed by atoms with Crippen molar-refractivity contribution >= 4 is 5.91 Å². The molecule has 0 rings (SSSR count). The molecule has 0 aliphatic heterocycles. The SMILES string of the molecule is CCCCCCCC/C=C\CCCCCCCC(=O)[N+](C)(C)OCC. The number of carbonyl (C=O) groups is 1. The maximum Gasteiger partial charge on any atom is 0.345 e. The fraction of sp³-hybridized carbons (Fsp3) is 0.864. The summed E-state index contributed by atoms with van der Waals surface area (Å²) in [7, 11) is 3.65. The lowest BCUT2D eigenvalue weighted by Gasteiger charge is -2.23. The Balaban J connectivity index is 3.36. The number of quaternary nitrogens is 1. The summed E-state index contributed by atoms with van der Waals surface area (Å²) in [6.45, 7) is 4.77. The maximum atomic E-state index is 12.0. The number of hydrogen-bond acceptors (Lipinski definition) is 2. The van der Waals surface area contributed by atoms with E-state index in [0.29, 0.717) is 13.0 Å². The summed E-state index contributed by atoms with van der Waals surface area (Å²) in [6.07, 6.45) is 22.0. The zero-order chi connectivity index (χ0) is 18.8. The Morgan fingerprint density at radius 3 is 1.76 bits per heavy atom. The van der Waals surface area contributed by atoms with Crippen molar-refractivity contribution in [3.05, 3.63) is 12.2 Å².